The van der Waals surface area contributed by atoms with Crippen molar-refractivity contribution in [2.75, 3.05) is 0 Å². The van der Waals surface area contributed by atoms with E-state index in [1.54, 1.807) is 0 Å². The number of aliphatic carboxylic acids is 1. The first-order valence-corrected chi connectivity index (χ1v) is 4.47. The molecule has 4 nitrogen and oxygen atoms in total. The minimum absolute atomic E-state index is 0.135. The Kier molecular flexibility index (Phi) is 4.04. The van der Waals surface area contributed by atoms with Gasteiger partial charge in [0, 0.05) is 12.5 Å². The molecule has 1 aromatic rings. The van der Waals surface area contributed by atoms with Gasteiger partial charge < -0.3 is 14.9 Å². The average Bonchev–Trinajstić information content (AvgIpc) is 2.15. The molecule has 0 saturated heterocycles. The highest BCUT2D eigenvalue weighted by atomic mass is 19.3. The van der Waals surface area contributed by atoms with E-state index in [0.29, 0.717) is 5.56 Å². The Morgan fingerprint density at radius 3 is 2.62 bits per heavy atom. The van der Waals surface area contributed by atoms with E-state index in [4.69, 9.17) is 5.11 Å². The van der Waals surface area contributed by atoms with Gasteiger partial charge in [0.15, 0.2) is 0 Å². The third-order valence-corrected chi connectivity index (χ3v) is 1.89. The normalized spacial score (nSPS) is 10.4. The number of phenols is 1. The zero-order chi connectivity index (χ0) is 12.1. The van der Waals surface area contributed by atoms with Gasteiger partial charge in [0.2, 0.25) is 0 Å². The van der Waals surface area contributed by atoms with Gasteiger partial charge in [-0.1, -0.05) is 6.07 Å². The molecule has 6 heteroatoms. The average molecular weight is 232 g/mol. The molecule has 0 spiro atoms. The Morgan fingerprint density at radius 2 is 2.12 bits per heavy atom. The number of rotatable bonds is 5. The molecule has 0 amide bonds. The van der Waals surface area contributed by atoms with Crippen molar-refractivity contribution in [2.45, 2.75) is 19.5 Å². The number of aromatic hydroxyl groups is 1. The Bertz CT molecular complexity index is 379. The van der Waals surface area contributed by atoms with E-state index < -0.39 is 12.6 Å². The van der Waals surface area contributed by atoms with E-state index in [-0.39, 0.29) is 24.3 Å². The molecule has 0 aliphatic rings. The monoisotopic (exact) mass is 232 g/mol. The van der Waals surface area contributed by atoms with Crippen LogP contribution in [-0.4, -0.2) is 22.8 Å². The summed E-state index contributed by atoms with van der Waals surface area (Å²) in [6, 6.07) is 3.64. The van der Waals surface area contributed by atoms with Crippen LogP contribution in [0.1, 0.15) is 12.0 Å². The maximum absolute atomic E-state index is 11.8. The Morgan fingerprint density at radius 1 is 1.44 bits per heavy atom. The molecule has 2 N–H and O–H groups in total. The molecular weight excluding hydrogens is 222 g/mol. The molecule has 0 heterocycles. The number of hydrogen-bond donors (Lipinski definition) is 2. The van der Waals surface area contributed by atoms with Gasteiger partial charge in [-0.15, -0.1) is 0 Å². The summed E-state index contributed by atoms with van der Waals surface area (Å²) in [4.78, 5) is 10.3. The van der Waals surface area contributed by atoms with Crippen LogP contribution in [0.3, 0.4) is 0 Å². The fourth-order valence-electron chi connectivity index (χ4n) is 1.17. The number of carboxylic acid groups (broad SMARTS) is 1. The van der Waals surface area contributed by atoms with E-state index >= 15 is 0 Å². The van der Waals surface area contributed by atoms with Gasteiger partial charge in [-0.3, -0.25) is 4.79 Å². The van der Waals surface area contributed by atoms with E-state index in [0.717, 1.165) is 6.07 Å². The van der Waals surface area contributed by atoms with Gasteiger partial charge in [0.1, 0.15) is 11.5 Å². The topological polar surface area (TPSA) is 66.8 Å². The highest BCUT2D eigenvalue weighted by molar-refractivity contribution is 5.67. The zero-order valence-corrected chi connectivity index (χ0v) is 8.19. The molecule has 0 bridgehead atoms. The van der Waals surface area contributed by atoms with Crippen LogP contribution in [0, 0.1) is 0 Å². The third-order valence-electron chi connectivity index (χ3n) is 1.89. The predicted octanol–water partition coefficient (Wildman–Crippen LogP) is 2.01. The summed E-state index contributed by atoms with van der Waals surface area (Å²) < 4.78 is 27.7. The molecule has 0 aliphatic heterocycles. The van der Waals surface area contributed by atoms with Crippen molar-refractivity contribution < 1.29 is 28.5 Å². The number of ether oxygens (including phenoxy) is 1. The van der Waals surface area contributed by atoms with Gasteiger partial charge in [0.25, 0.3) is 0 Å². The second-order valence-corrected chi connectivity index (χ2v) is 3.06. The maximum Gasteiger partial charge on any atom is 0.387 e. The summed E-state index contributed by atoms with van der Waals surface area (Å²) in [5.41, 5.74) is 0.379. The Hall–Kier alpha value is -1.85. The number of carbonyl (C=O) groups is 1. The van der Waals surface area contributed by atoms with Crippen molar-refractivity contribution in [3.8, 4) is 11.5 Å². The van der Waals surface area contributed by atoms with Crippen molar-refractivity contribution in [1.82, 2.24) is 0 Å². The van der Waals surface area contributed by atoms with Crippen LogP contribution in [0.5, 0.6) is 11.5 Å². The standard InChI is InChI=1S/C10H10F2O4/c11-10(12)16-7-3-1-6(8(13)5-7)2-4-9(14)15/h1,3,5,10,13H,2,4H2,(H,14,15). The van der Waals surface area contributed by atoms with Crippen LogP contribution < -0.4 is 4.74 Å². The quantitative estimate of drug-likeness (QED) is 0.814. The maximum atomic E-state index is 11.8. The van der Waals surface area contributed by atoms with E-state index in [2.05, 4.69) is 4.74 Å². The number of carboxylic acids is 1. The summed E-state index contributed by atoms with van der Waals surface area (Å²) in [6.45, 7) is -2.95. The number of aryl methyl sites for hydroxylation is 1. The van der Waals surface area contributed by atoms with Gasteiger partial charge in [-0.05, 0) is 18.1 Å². The Balaban J connectivity index is 2.71. The van der Waals surface area contributed by atoms with Crippen LogP contribution in [0.2, 0.25) is 0 Å². The van der Waals surface area contributed by atoms with E-state index in [1.165, 1.54) is 12.1 Å². The van der Waals surface area contributed by atoms with Crippen molar-refractivity contribution in [3.63, 3.8) is 0 Å². The second-order valence-electron chi connectivity index (χ2n) is 3.06. The second kappa shape index (κ2) is 5.29. The first kappa shape index (κ1) is 12.2. The summed E-state index contributed by atoms with van der Waals surface area (Å²) in [6.07, 6.45) is -0.00125. The summed E-state index contributed by atoms with van der Waals surface area (Å²) >= 11 is 0. The highest BCUT2D eigenvalue weighted by Crippen LogP contribution is 2.25. The number of alkyl halides is 2. The summed E-state index contributed by atoms with van der Waals surface area (Å²) in [7, 11) is 0. The largest absolute Gasteiger partial charge is 0.508 e. The molecule has 0 radical (unpaired) electrons. The minimum Gasteiger partial charge on any atom is -0.508 e. The van der Waals surface area contributed by atoms with Crippen LogP contribution >= 0.6 is 0 Å². The van der Waals surface area contributed by atoms with Crippen molar-refractivity contribution in [1.29, 1.82) is 0 Å². The molecule has 88 valence electrons. The lowest BCUT2D eigenvalue weighted by atomic mass is 10.1. The number of benzene rings is 1. The van der Waals surface area contributed by atoms with Crippen molar-refractivity contribution >= 4 is 5.97 Å². The fraction of sp³-hybridized carbons (Fsp3) is 0.300. The van der Waals surface area contributed by atoms with Crippen LogP contribution in [0.25, 0.3) is 0 Å². The number of halogens is 2. The number of phenolic OH excluding ortho intramolecular Hbond substituents is 1. The molecule has 0 atom stereocenters. The van der Waals surface area contributed by atoms with Gasteiger partial charge >= 0.3 is 12.6 Å². The van der Waals surface area contributed by atoms with Gasteiger partial charge in [-0.25, -0.2) is 0 Å². The fourth-order valence-corrected chi connectivity index (χ4v) is 1.17. The SMILES string of the molecule is O=C(O)CCc1ccc(OC(F)F)cc1O. The zero-order valence-electron chi connectivity index (χ0n) is 8.19. The Labute approximate surface area is 90.1 Å². The first-order chi connectivity index (χ1) is 7.49. The summed E-state index contributed by atoms with van der Waals surface area (Å²) in [5.74, 6) is -1.40. The van der Waals surface area contributed by atoms with E-state index in [9.17, 15) is 18.7 Å². The third kappa shape index (κ3) is 3.72. The molecule has 0 fully saturated rings. The van der Waals surface area contributed by atoms with Gasteiger partial charge in [-0.2, -0.15) is 8.78 Å². The molecule has 0 aliphatic carbocycles. The van der Waals surface area contributed by atoms with Crippen molar-refractivity contribution in [3.05, 3.63) is 23.8 Å². The molecule has 0 saturated carbocycles. The predicted molar refractivity (Wildman–Crippen MR) is 50.7 cm³/mol. The van der Waals surface area contributed by atoms with Gasteiger partial charge in [0.05, 0.1) is 0 Å². The van der Waals surface area contributed by atoms with E-state index in [1.807, 2.05) is 0 Å². The van der Waals surface area contributed by atoms with Crippen LogP contribution in [0.4, 0.5) is 8.78 Å². The lowest BCUT2D eigenvalue weighted by Crippen LogP contribution is -2.02. The highest BCUT2D eigenvalue weighted by Gasteiger charge is 2.08. The lowest BCUT2D eigenvalue weighted by molar-refractivity contribution is -0.136. The van der Waals surface area contributed by atoms with Crippen molar-refractivity contribution in [2.24, 2.45) is 0 Å². The minimum atomic E-state index is -2.95. The lowest BCUT2D eigenvalue weighted by Gasteiger charge is -2.07. The molecule has 0 aromatic heterocycles. The van der Waals surface area contributed by atoms with Crippen LogP contribution in [-0.2, 0) is 11.2 Å². The molecule has 0 unspecified atom stereocenters. The molecule has 16 heavy (non-hydrogen) atoms. The molecule has 1 aromatic carbocycles. The molecular formula is C10H10F2O4. The smallest absolute Gasteiger partial charge is 0.387 e. The first-order valence-electron chi connectivity index (χ1n) is 4.47. The summed E-state index contributed by atoms with van der Waals surface area (Å²) in [5, 5.41) is 17.8. The molecule has 1 rings (SSSR count). The number of hydrogen-bond acceptors (Lipinski definition) is 3. The van der Waals surface area contributed by atoms with Crippen LogP contribution in [0.15, 0.2) is 18.2 Å².